The van der Waals surface area contributed by atoms with Crippen LogP contribution in [0.4, 0.5) is 34.1 Å². The minimum absolute atomic E-state index is 0.598. The van der Waals surface area contributed by atoms with Crippen LogP contribution in [0, 0.1) is 22.7 Å². The summed E-state index contributed by atoms with van der Waals surface area (Å²) in [7, 11) is 0. The highest BCUT2D eigenvalue weighted by Crippen LogP contribution is 2.67. The molecule has 0 amide bonds. The SMILES string of the molecule is N#Cc1ccccc1N(c1ccccc1)c1ccc2c3c(c4ccccc4c2c1)-c1cc(N(c2ccccc2)c2ccccc2C#N)c2ccccc2c1C31c2ccccc2-c2ccccc21. The van der Waals surface area contributed by atoms with E-state index in [2.05, 4.69) is 186 Å². The van der Waals surface area contributed by atoms with Gasteiger partial charge in [0.1, 0.15) is 12.1 Å². The smallest absolute Gasteiger partial charge is 0.101 e. The molecule has 0 saturated carbocycles. The predicted octanol–water partition coefficient (Wildman–Crippen LogP) is 16.2. The highest BCUT2D eigenvalue weighted by atomic mass is 15.2. The number of anilines is 6. The van der Waals surface area contributed by atoms with Crippen molar-refractivity contribution in [3.63, 3.8) is 0 Å². The summed E-state index contributed by atoms with van der Waals surface area (Å²) in [5.41, 5.74) is 15.9. The van der Waals surface area contributed by atoms with Crippen LogP contribution in [0.15, 0.2) is 231 Å². The Morgan fingerprint density at radius 2 is 0.791 bits per heavy atom. The fourth-order valence-electron chi connectivity index (χ4n) is 11.5. The molecule has 4 nitrogen and oxygen atoms in total. The van der Waals surface area contributed by atoms with E-state index in [0.717, 1.165) is 61.1 Å². The van der Waals surface area contributed by atoms with E-state index in [-0.39, 0.29) is 0 Å². The van der Waals surface area contributed by atoms with Crippen molar-refractivity contribution in [3.05, 3.63) is 264 Å². The van der Waals surface area contributed by atoms with E-state index in [1.165, 1.54) is 49.9 Å². The standard InChI is InChI=1S/C63H38N4/c64-39-41-19-7-17-33-57(41)66(43-21-3-1-4-22-43)45-35-36-52-53(37-45)46-25-9-11-29-50(46)60-54-38-59(67(44-23-5-2-6-24-44)58-34-18-8-20-42(58)40-65)49-28-10-12-30-51(49)61(54)63(62(52)60)55-31-15-13-26-47(55)48-27-14-16-32-56(48)63/h1-38H. The van der Waals surface area contributed by atoms with E-state index in [0.29, 0.717) is 11.1 Å². The normalized spacial score (nSPS) is 12.6. The Morgan fingerprint density at radius 3 is 1.42 bits per heavy atom. The zero-order valence-electron chi connectivity index (χ0n) is 36.2. The lowest BCUT2D eigenvalue weighted by atomic mass is 9.68. The number of hydrogen-bond donors (Lipinski definition) is 0. The van der Waals surface area contributed by atoms with E-state index in [9.17, 15) is 10.5 Å². The topological polar surface area (TPSA) is 54.1 Å². The van der Waals surface area contributed by atoms with Crippen LogP contribution in [-0.2, 0) is 5.41 Å². The van der Waals surface area contributed by atoms with Crippen LogP contribution in [0.5, 0.6) is 0 Å². The van der Waals surface area contributed by atoms with Gasteiger partial charge in [0.15, 0.2) is 0 Å². The van der Waals surface area contributed by atoms with Gasteiger partial charge in [-0.05, 0) is 138 Å². The van der Waals surface area contributed by atoms with Crippen molar-refractivity contribution in [2.24, 2.45) is 0 Å². The second kappa shape index (κ2) is 14.9. The predicted molar refractivity (Wildman–Crippen MR) is 274 cm³/mol. The van der Waals surface area contributed by atoms with Gasteiger partial charge >= 0.3 is 0 Å². The third kappa shape index (κ3) is 5.39. The molecule has 0 bridgehead atoms. The Morgan fingerprint density at radius 1 is 0.313 bits per heavy atom. The summed E-state index contributed by atoms with van der Waals surface area (Å²) in [5.74, 6) is 0. The van der Waals surface area contributed by atoms with Gasteiger partial charge in [-0.15, -0.1) is 0 Å². The van der Waals surface area contributed by atoms with Crippen molar-refractivity contribution in [2.45, 2.75) is 5.41 Å². The fraction of sp³-hybridized carbons (Fsp3) is 0.0159. The summed E-state index contributed by atoms with van der Waals surface area (Å²) in [5, 5.41) is 27.9. The number of rotatable bonds is 6. The molecule has 310 valence electrons. The first-order valence-corrected chi connectivity index (χ1v) is 22.6. The molecule has 11 aromatic carbocycles. The average molecular weight is 851 g/mol. The Hall–Kier alpha value is -9.22. The van der Waals surface area contributed by atoms with Crippen molar-refractivity contribution in [1.29, 1.82) is 10.5 Å². The second-order valence-corrected chi connectivity index (χ2v) is 17.3. The van der Waals surface area contributed by atoms with Crippen LogP contribution in [0.2, 0.25) is 0 Å². The van der Waals surface area contributed by atoms with Gasteiger partial charge in [0.25, 0.3) is 0 Å². The van der Waals surface area contributed by atoms with Crippen molar-refractivity contribution in [3.8, 4) is 34.4 Å². The number of benzene rings is 11. The highest BCUT2D eigenvalue weighted by Gasteiger charge is 2.54. The first kappa shape index (κ1) is 38.3. The molecule has 0 N–H and O–H groups in total. The number of fused-ring (bicyclic) bond motifs is 17. The molecule has 4 heteroatoms. The van der Waals surface area contributed by atoms with Gasteiger partial charge in [0, 0.05) is 22.4 Å². The Kier molecular flexibility index (Phi) is 8.52. The quantitative estimate of drug-likeness (QED) is 0.156. The maximum absolute atomic E-state index is 10.6. The molecule has 0 atom stereocenters. The summed E-state index contributed by atoms with van der Waals surface area (Å²) < 4.78 is 0. The van der Waals surface area contributed by atoms with Gasteiger partial charge in [0.2, 0.25) is 0 Å². The van der Waals surface area contributed by atoms with Crippen LogP contribution >= 0.6 is 0 Å². The van der Waals surface area contributed by atoms with E-state index < -0.39 is 5.41 Å². The number of nitrogens with zero attached hydrogens (tertiary/aromatic N) is 4. The third-order valence-electron chi connectivity index (χ3n) is 14.1. The van der Waals surface area contributed by atoms with E-state index in [1.807, 2.05) is 66.7 Å². The largest absolute Gasteiger partial charge is 0.309 e. The van der Waals surface area contributed by atoms with Crippen LogP contribution < -0.4 is 9.80 Å². The Labute approximate surface area is 388 Å². The van der Waals surface area contributed by atoms with Crippen LogP contribution in [0.3, 0.4) is 0 Å². The summed E-state index contributed by atoms with van der Waals surface area (Å²) in [6.45, 7) is 0. The lowest BCUT2D eigenvalue weighted by molar-refractivity contribution is 0.809. The molecule has 0 heterocycles. The van der Waals surface area contributed by atoms with Gasteiger partial charge in [-0.1, -0.05) is 164 Å². The lowest BCUT2D eigenvalue weighted by Crippen LogP contribution is -2.27. The molecular weight excluding hydrogens is 813 g/mol. The summed E-state index contributed by atoms with van der Waals surface area (Å²) in [6.07, 6.45) is 0. The minimum atomic E-state index is -0.700. The molecule has 2 aliphatic carbocycles. The molecule has 67 heavy (non-hydrogen) atoms. The highest BCUT2D eigenvalue weighted by molar-refractivity contribution is 6.23. The second-order valence-electron chi connectivity index (χ2n) is 17.3. The van der Waals surface area contributed by atoms with Crippen LogP contribution in [-0.4, -0.2) is 0 Å². The summed E-state index contributed by atoms with van der Waals surface area (Å²) >= 11 is 0. The average Bonchev–Trinajstić information content (AvgIpc) is 3.87. The van der Waals surface area contributed by atoms with Gasteiger partial charge < -0.3 is 9.80 Å². The van der Waals surface area contributed by atoms with Gasteiger partial charge in [-0.2, -0.15) is 10.5 Å². The summed E-state index contributed by atoms with van der Waals surface area (Å²) in [4.78, 5) is 4.48. The van der Waals surface area contributed by atoms with Crippen molar-refractivity contribution in [2.75, 3.05) is 9.80 Å². The van der Waals surface area contributed by atoms with Crippen molar-refractivity contribution in [1.82, 2.24) is 0 Å². The minimum Gasteiger partial charge on any atom is -0.309 e. The molecule has 0 radical (unpaired) electrons. The Bertz CT molecular complexity index is 3870. The first-order valence-electron chi connectivity index (χ1n) is 22.6. The van der Waals surface area contributed by atoms with Crippen LogP contribution in [0.25, 0.3) is 54.6 Å². The number of hydrogen-bond acceptors (Lipinski definition) is 4. The van der Waals surface area contributed by atoms with Crippen LogP contribution in [0.1, 0.15) is 33.4 Å². The zero-order valence-corrected chi connectivity index (χ0v) is 36.2. The van der Waals surface area contributed by atoms with E-state index in [1.54, 1.807) is 0 Å². The number of nitriles is 2. The van der Waals surface area contributed by atoms with E-state index in [4.69, 9.17) is 0 Å². The number of para-hydroxylation sites is 4. The van der Waals surface area contributed by atoms with Gasteiger partial charge in [-0.25, -0.2) is 0 Å². The molecule has 0 unspecified atom stereocenters. The molecule has 0 fully saturated rings. The maximum atomic E-state index is 10.6. The fourth-order valence-corrected chi connectivity index (χ4v) is 11.5. The van der Waals surface area contributed by atoms with E-state index >= 15 is 0 Å². The van der Waals surface area contributed by atoms with Gasteiger partial charge in [0.05, 0.1) is 33.6 Å². The van der Waals surface area contributed by atoms with Gasteiger partial charge in [-0.3, -0.25) is 0 Å². The summed E-state index contributed by atoms with van der Waals surface area (Å²) in [6, 6.07) is 86.6. The maximum Gasteiger partial charge on any atom is 0.101 e. The van der Waals surface area contributed by atoms with Crippen molar-refractivity contribution < 1.29 is 0 Å². The Balaban J connectivity index is 1.21. The molecule has 2 aliphatic rings. The molecule has 0 aromatic heterocycles. The first-order chi connectivity index (χ1) is 33.2. The van der Waals surface area contributed by atoms with Crippen molar-refractivity contribution >= 4 is 66.4 Å². The molecule has 1 spiro atoms. The molecule has 0 saturated heterocycles. The third-order valence-corrected chi connectivity index (χ3v) is 14.1. The molecular formula is C63H38N4. The molecule has 0 aliphatic heterocycles. The lowest BCUT2D eigenvalue weighted by Gasteiger charge is -2.34. The molecule has 11 aromatic rings. The zero-order chi connectivity index (χ0) is 44.6. The molecule has 13 rings (SSSR count). The monoisotopic (exact) mass is 850 g/mol.